The summed E-state index contributed by atoms with van der Waals surface area (Å²) >= 11 is 0. The van der Waals surface area contributed by atoms with Gasteiger partial charge in [-0.3, -0.25) is 9.59 Å². The predicted octanol–water partition coefficient (Wildman–Crippen LogP) is 6.19. The van der Waals surface area contributed by atoms with E-state index in [1.807, 2.05) is 64.1 Å². The Morgan fingerprint density at radius 3 is 2.16 bits per heavy atom. The number of benzene rings is 2. The van der Waals surface area contributed by atoms with Crippen LogP contribution < -0.4 is 10.6 Å². The number of amides is 3. The lowest BCUT2D eigenvalue weighted by molar-refractivity contribution is -0.141. The van der Waals surface area contributed by atoms with Gasteiger partial charge in [-0.1, -0.05) is 69.0 Å². The van der Waals surface area contributed by atoms with Crippen molar-refractivity contribution in [2.75, 3.05) is 11.9 Å². The lowest BCUT2D eigenvalue weighted by atomic mass is 9.97. The van der Waals surface area contributed by atoms with Crippen LogP contribution in [0.1, 0.15) is 62.9 Å². The molecule has 0 aliphatic heterocycles. The summed E-state index contributed by atoms with van der Waals surface area (Å²) in [5, 5.41) is 5.76. The third-order valence-electron chi connectivity index (χ3n) is 5.97. The molecule has 0 aliphatic carbocycles. The average molecular weight is 520 g/mol. The molecule has 2 atom stereocenters. The van der Waals surface area contributed by atoms with Gasteiger partial charge in [0.25, 0.3) is 5.91 Å². The fraction of sp³-hybridized carbons (Fsp3) is 0.387. The van der Waals surface area contributed by atoms with Crippen LogP contribution in [0.5, 0.6) is 0 Å². The summed E-state index contributed by atoms with van der Waals surface area (Å²) in [6.07, 6.45) is 2.55. The second kappa shape index (κ2) is 13.1. The first-order chi connectivity index (χ1) is 17.8. The second-order valence-electron chi connectivity index (χ2n) is 10.7. The second-order valence-corrected chi connectivity index (χ2v) is 10.7. The van der Waals surface area contributed by atoms with Crippen LogP contribution in [0, 0.1) is 19.8 Å². The fourth-order valence-electron chi connectivity index (χ4n) is 4.12. The minimum absolute atomic E-state index is 0.0845. The molecule has 0 heterocycles. The third kappa shape index (κ3) is 8.07. The minimum Gasteiger partial charge on any atom is -0.444 e. The van der Waals surface area contributed by atoms with Crippen molar-refractivity contribution in [1.29, 1.82) is 0 Å². The zero-order valence-electron chi connectivity index (χ0n) is 23.6. The van der Waals surface area contributed by atoms with E-state index in [9.17, 15) is 14.4 Å². The molecule has 2 rings (SSSR count). The highest BCUT2D eigenvalue weighted by molar-refractivity contribution is 6.00. The van der Waals surface area contributed by atoms with Crippen LogP contribution in [-0.2, 0) is 14.3 Å². The SMILES string of the molecule is C=CCN(C(=O)C(NC(=O)OC(C)(C)C)C(C)C)C(C(=O)Nc1c(C)cccc1C)c1cccc(C=C)c1. The maximum absolute atomic E-state index is 14.0. The molecule has 2 unspecified atom stereocenters. The van der Waals surface area contributed by atoms with Crippen LogP contribution in [0.2, 0.25) is 0 Å². The monoisotopic (exact) mass is 519 g/mol. The highest BCUT2D eigenvalue weighted by atomic mass is 16.6. The van der Waals surface area contributed by atoms with Gasteiger partial charge >= 0.3 is 6.09 Å². The molecule has 0 saturated heterocycles. The van der Waals surface area contributed by atoms with Crippen molar-refractivity contribution in [2.45, 2.75) is 66.2 Å². The van der Waals surface area contributed by atoms with Gasteiger partial charge in [0.1, 0.15) is 17.7 Å². The number of hydrogen-bond donors (Lipinski definition) is 2. The molecule has 2 N–H and O–H groups in total. The number of carbonyl (C=O) groups excluding carboxylic acids is 3. The number of anilines is 1. The normalized spacial score (nSPS) is 12.7. The molecule has 3 amide bonds. The Morgan fingerprint density at radius 1 is 1.03 bits per heavy atom. The van der Waals surface area contributed by atoms with Crippen LogP contribution in [0.25, 0.3) is 6.08 Å². The molecular weight excluding hydrogens is 478 g/mol. The van der Waals surface area contributed by atoms with E-state index in [-0.39, 0.29) is 18.4 Å². The van der Waals surface area contributed by atoms with E-state index in [0.717, 1.165) is 16.7 Å². The number of ether oxygens (including phenoxy) is 1. The maximum Gasteiger partial charge on any atom is 0.408 e. The van der Waals surface area contributed by atoms with Gasteiger partial charge < -0.3 is 20.3 Å². The van der Waals surface area contributed by atoms with E-state index in [4.69, 9.17) is 4.74 Å². The van der Waals surface area contributed by atoms with Crippen LogP contribution in [-0.4, -0.2) is 41.0 Å². The summed E-state index contributed by atoms with van der Waals surface area (Å²) in [4.78, 5) is 42.1. The van der Waals surface area contributed by atoms with Crippen molar-refractivity contribution in [3.8, 4) is 0 Å². The number of nitrogens with one attached hydrogen (secondary N) is 2. The highest BCUT2D eigenvalue weighted by Gasteiger charge is 2.37. The van der Waals surface area contributed by atoms with E-state index in [1.54, 1.807) is 39.0 Å². The number of carbonyl (C=O) groups is 3. The molecule has 0 aliphatic rings. The van der Waals surface area contributed by atoms with Gasteiger partial charge in [0.2, 0.25) is 5.91 Å². The van der Waals surface area contributed by atoms with E-state index in [2.05, 4.69) is 23.8 Å². The first-order valence-corrected chi connectivity index (χ1v) is 12.8. The third-order valence-corrected chi connectivity index (χ3v) is 5.97. The molecule has 7 heteroatoms. The molecule has 0 radical (unpaired) electrons. The Morgan fingerprint density at radius 2 is 1.63 bits per heavy atom. The van der Waals surface area contributed by atoms with Gasteiger partial charge in [-0.25, -0.2) is 4.79 Å². The fourth-order valence-corrected chi connectivity index (χ4v) is 4.12. The van der Waals surface area contributed by atoms with E-state index in [0.29, 0.717) is 11.3 Å². The molecule has 2 aromatic carbocycles. The molecule has 2 aromatic rings. The van der Waals surface area contributed by atoms with Crippen LogP contribution in [0.4, 0.5) is 10.5 Å². The summed E-state index contributed by atoms with van der Waals surface area (Å²) in [5.74, 6) is -1.07. The van der Waals surface area contributed by atoms with Crippen LogP contribution >= 0.6 is 0 Å². The summed E-state index contributed by atoms with van der Waals surface area (Å²) in [6.45, 7) is 20.5. The Bertz CT molecular complexity index is 1160. The molecule has 0 aromatic heterocycles. The molecule has 0 saturated carbocycles. The average Bonchev–Trinajstić information content (AvgIpc) is 2.83. The number of aryl methyl sites for hydroxylation is 2. The van der Waals surface area contributed by atoms with Crippen LogP contribution in [0.15, 0.2) is 61.7 Å². The quantitative estimate of drug-likeness (QED) is 0.366. The first kappa shape index (κ1) is 30.4. The minimum atomic E-state index is -0.999. The lowest BCUT2D eigenvalue weighted by Crippen LogP contribution is -2.54. The molecule has 0 spiro atoms. The van der Waals surface area contributed by atoms with Crippen molar-refractivity contribution < 1.29 is 19.1 Å². The van der Waals surface area contributed by atoms with Crippen LogP contribution in [0.3, 0.4) is 0 Å². The summed E-state index contributed by atoms with van der Waals surface area (Å²) < 4.78 is 5.41. The zero-order valence-corrected chi connectivity index (χ0v) is 23.6. The maximum atomic E-state index is 14.0. The zero-order chi connectivity index (χ0) is 28.6. The number of alkyl carbamates (subject to hydrolysis) is 1. The number of para-hydroxylation sites is 1. The molecule has 204 valence electrons. The molecule has 7 nitrogen and oxygen atoms in total. The van der Waals surface area contributed by atoms with Gasteiger partial charge in [0, 0.05) is 12.2 Å². The summed E-state index contributed by atoms with van der Waals surface area (Å²) in [7, 11) is 0. The first-order valence-electron chi connectivity index (χ1n) is 12.8. The predicted molar refractivity (Wildman–Crippen MR) is 154 cm³/mol. The largest absolute Gasteiger partial charge is 0.444 e. The van der Waals surface area contributed by atoms with Gasteiger partial charge in [-0.15, -0.1) is 6.58 Å². The number of hydrogen-bond acceptors (Lipinski definition) is 4. The smallest absolute Gasteiger partial charge is 0.408 e. The molecular formula is C31H41N3O4. The molecule has 38 heavy (non-hydrogen) atoms. The Balaban J connectivity index is 2.58. The van der Waals surface area contributed by atoms with Crippen molar-refractivity contribution in [1.82, 2.24) is 10.2 Å². The van der Waals surface area contributed by atoms with Gasteiger partial charge in [-0.05, 0) is 68.9 Å². The summed E-state index contributed by atoms with van der Waals surface area (Å²) in [6, 6.07) is 11.2. The van der Waals surface area contributed by atoms with E-state index >= 15 is 0 Å². The molecule has 0 bridgehead atoms. The van der Waals surface area contributed by atoms with Crippen molar-refractivity contribution >= 4 is 29.7 Å². The highest BCUT2D eigenvalue weighted by Crippen LogP contribution is 2.28. The van der Waals surface area contributed by atoms with Crippen molar-refractivity contribution in [3.63, 3.8) is 0 Å². The Hall–Kier alpha value is -3.87. The van der Waals surface area contributed by atoms with Gasteiger partial charge in [0.15, 0.2) is 0 Å². The Kier molecular flexibility index (Phi) is 10.5. The summed E-state index contributed by atoms with van der Waals surface area (Å²) in [5.41, 5.74) is 3.21. The molecule has 0 fully saturated rings. The van der Waals surface area contributed by atoms with E-state index in [1.165, 1.54) is 4.90 Å². The van der Waals surface area contributed by atoms with E-state index < -0.39 is 29.7 Å². The number of rotatable bonds is 10. The van der Waals surface area contributed by atoms with Crippen molar-refractivity contribution in [2.24, 2.45) is 5.92 Å². The standard InChI is InChI=1S/C31H41N3O4/c1-10-18-34(29(36)25(20(3)4)33-30(37)38-31(7,8)9)27(24-17-13-16-23(11-2)19-24)28(35)32-26-21(5)14-12-15-22(26)6/h10-17,19-20,25,27H,1-2,18H2,3-9H3,(H,32,35)(H,33,37). The Labute approximate surface area is 227 Å². The van der Waals surface area contributed by atoms with Crippen molar-refractivity contribution in [3.05, 3.63) is 84.0 Å². The van der Waals surface area contributed by atoms with Gasteiger partial charge in [-0.2, -0.15) is 0 Å². The number of nitrogens with zero attached hydrogens (tertiary/aromatic N) is 1. The van der Waals surface area contributed by atoms with Gasteiger partial charge in [0.05, 0.1) is 0 Å². The lowest BCUT2D eigenvalue weighted by Gasteiger charge is -2.35. The topological polar surface area (TPSA) is 87.7 Å².